The Labute approximate surface area is 184 Å². The predicted octanol–water partition coefficient (Wildman–Crippen LogP) is 2.88. The van der Waals surface area contributed by atoms with Crippen molar-refractivity contribution in [3.05, 3.63) is 76.0 Å². The molecule has 0 fully saturated rings. The van der Waals surface area contributed by atoms with Crippen molar-refractivity contribution in [1.29, 1.82) is 0 Å². The number of hydrogen-bond donors (Lipinski definition) is 1. The van der Waals surface area contributed by atoms with Gasteiger partial charge < -0.3 is 4.84 Å². The number of nitrogens with one attached hydrogen (secondary N) is 1. The largest absolute Gasteiger partial charge is 0.435 e. The smallest absolute Gasteiger partial charge is 0.304 e. The molecular formula is C19H15F3N4O6S. The Morgan fingerprint density at radius 2 is 1.76 bits per heavy atom. The van der Waals surface area contributed by atoms with Gasteiger partial charge in [-0.25, -0.2) is 17.8 Å². The monoisotopic (exact) mass is 484 g/mol. The Hall–Kier alpha value is -3.94. The summed E-state index contributed by atoms with van der Waals surface area (Å²) >= 11 is 0. The second-order valence-corrected chi connectivity index (χ2v) is 8.39. The Balaban J connectivity index is 1.94. The fourth-order valence-electron chi connectivity index (χ4n) is 2.76. The van der Waals surface area contributed by atoms with Crippen LogP contribution in [0.15, 0.2) is 59.5 Å². The Bertz CT molecular complexity index is 1290. The Morgan fingerprint density at radius 3 is 2.30 bits per heavy atom. The van der Waals surface area contributed by atoms with Crippen LogP contribution in [0.4, 0.5) is 13.2 Å². The van der Waals surface area contributed by atoms with Crippen LogP contribution >= 0.6 is 0 Å². The van der Waals surface area contributed by atoms with Gasteiger partial charge in [0.25, 0.3) is 21.0 Å². The first-order chi connectivity index (χ1) is 15.4. The highest BCUT2D eigenvalue weighted by Gasteiger charge is 2.35. The summed E-state index contributed by atoms with van der Waals surface area (Å²) in [6.45, 7) is 0.696. The predicted molar refractivity (Wildman–Crippen MR) is 107 cm³/mol. The molecule has 0 bridgehead atoms. The van der Waals surface area contributed by atoms with Gasteiger partial charge in [-0.15, -0.1) is 10.1 Å². The molecule has 1 amide bonds. The van der Waals surface area contributed by atoms with Crippen molar-refractivity contribution in [2.24, 2.45) is 0 Å². The fourth-order valence-corrected chi connectivity index (χ4v) is 3.73. The minimum Gasteiger partial charge on any atom is -0.304 e. The van der Waals surface area contributed by atoms with Crippen LogP contribution in [0, 0.1) is 17.0 Å². The zero-order valence-electron chi connectivity index (χ0n) is 16.7. The van der Waals surface area contributed by atoms with E-state index in [0.717, 1.165) is 28.4 Å². The molecule has 2 aromatic carbocycles. The molecule has 1 N–H and O–H groups in total. The van der Waals surface area contributed by atoms with E-state index in [0.29, 0.717) is 5.56 Å². The van der Waals surface area contributed by atoms with Gasteiger partial charge in [-0.05, 0) is 37.3 Å². The summed E-state index contributed by atoms with van der Waals surface area (Å²) < 4.78 is 67.0. The highest BCUT2D eigenvalue weighted by atomic mass is 32.2. The summed E-state index contributed by atoms with van der Waals surface area (Å²) in [5.41, 5.74) is 0.485. The van der Waals surface area contributed by atoms with Crippen LogP contribution in [0.2, 0.25) is 0 Å². The normalized spacial score (nSPS) is 11.8. The van der Waals surface area contributed by atoms with Gasteiger partial charge in [0, 0.05) is 5.56 Å². The summed E-state index contributed by atoms with van der Waals surface area (Å²) in [4.78, 5) is 25.0. The summed E-state index contributed by atoms with van der Waals surface area (Å²) in [6.07, 6.45) is -4.70. The van der Waals surface area contributed by atoms with E-state index in [-0.39, 0.29) is 11.4 Å². The number of carbonyl (C=O) groups excluding carboxylic acids is 1. The van der Waals surface area contributed by atoms with Gasteiger partial charge in [0.15, 0.2) is 12.3 Å². The van der Waals surface area contributed by atoms with Crippen molar-refractivity contribution >= 4 is 15.9 Å². The quantitative estimate of drug-likeness (QED) is 0.403. The molecule has 0 aliphatic heterocycles. The van der Waals surface area contributed by atoms with Gasteiger partial charge in [-0.1, -0.05) is 29.8 Å². The number of amides is 1. The molecule has 14 heteroatoms. The minimum absolute atomic E-state index is 0.128. The lowest BCUT2D eigenvalue weighted by atomic mass is 10.1. The van der Waals surface area contributed by atoms with Gasteiger partial charge in [0.05, 0.1) is 16.3 Å². The molecule has 0 radical (unpaired) electrons. The van der Waals surface area contributed by atoms with Crippen molar-refractivity contribution in [1.82, 2.24) is 14.5 Å². The lowest BCUT2D eigenvalue weighted by Crippen LogP contribution is -2.34. The zero-order chi connectivity index (χ0) is 24.4. The van der Waals surface area contributed by atoms with Gasteiger partial charge in [0.2, 0.25) is 0 Å². The first kappa shape index (κ1) is 23.7. The molecule has 0 saturated heterocycles. The lowest BCUT2D eigenvalue weighted by molar-refractivity contribution is -0.754. The Kier molecular flexibility index (Phi) is 6.39. The van der Waals surface area contributed by atoms with Crippen LogP contribution in [0.5, 0.6) is 0 Å². The highest BCUT2D eigenvalue weighted by Crippen LogP contribution is 2.33. The van der Waals surface area contributed by atoms with Crippen LogP contribution in [-0.2, 0) is 25.8 Å². The molecule has 3 rings (SSSR count). The molecule has 0 atom stereocenters. The summed E-state index contributed by atoms with van der Waals surface area (Å²) in [5.74, 6) is -1.28. The standard InChI is InChI=1S/C19H15F3N4O6S/c1-12-2-4-13(5-3-12)16-10-17(19(20,21)22)23-25(16)14-6-8-15(9-7-14)33(30,31)24-18(27)11-32-26(28)29/h2-10H,11H2,1H3,(H,24,27). The van der Waals surface area contributed by atoms with E-state index < -0.39 is 44.4 Å². The summed E-state index contributed by atoms with van der Waals surface area (Å²) in [5, 5.41) is 12.5. The van der Waals surface area contributed by atoms with Crippen molar-refractivity contribution in [3.63, 3.8) is 0 Å². The maximum absolute atomic E-state index is 13.3. The molecule has 1 heterocycles. The average molecular weight is 484 g/mol. The van der Waals surface area contributed by atoms with E-state index in [1.807, 2.05) is 6.92 Å². The molecule has 0 spiro atoms. The number of rotatable bonds is 7. The number of sulfonamides is 1. The molecular weight excluding hydrogens is 469 g/mol. The molecule has 1 aromatic heterocycles. The lowest BCUT2D eigenvalue weighted by Gasteiger charge is -2.10. The van der Waals surface area contributed by atoms with Gasteiger partial charge in [-0.3, -0.25) is 4.79 Å². The highest BCUT2D eigenvalue weighted by molar-refractivity contribution is 7.90. The summed E-state index contributed by atoms with van der Waals surface area (Å²) in [6, 6.07) is 12.1. The first-order valence-electron chi connectivity index (χ1n) is 9.04. The van der Waals surface area contributed by atoms with E-state index in [9.17, 15) is 36.5 Å². The van der Waals surface area contributed by atoms with E-state index in [1.54, 1.807) is 29.0 Å². The number of aryl methyl sites for hydroxylation is 1. The van der Waals surface area contributed by atoms with Crippen molar-refractivity contribution < 1.29 is 36.3 Å². The number of alkyl halides is 3. The average Bonchev–Trinajstić information content (AvgIpc) is 3.19. The second kappa shape index (κ2) is 8.90. The van der Waals surface area contributed by atoms with E-state index >= 15 is 0 Å². The molecule has 0 saturated carbocycles. The molecule has 0 aliphatic rings. The van der Waals surface area contributed by atoms with E-state index in [2.05, 4.69) is 9.94 Å². The SMILES string of the molecule is Cc1ccc(-c2cc(C(F)(F)F)nn2-c2ccc(S(=O)(=O)NC(=O)CO[N+](=O)[O-])cc2)cc1. The van der Waals surface area contributed by atoms with Crippen LogP contribution in [-0.4, -0.2) is 35.8 Å². The third-order valence-corrected chi connectivity index (χ3v) is 5.68. The van der Waals surface area contributed by atoms with Gasteiger partial charge in [0.1, 0.15) is 0 Å². The molecule has 3 aromatic rings. The Morgan fingerprint density at radius 1 is 1.15 bits per heavy atom. The molecule has 0 aliphatic carbocycles. The third-order valence-electron chi connectivity index (χ3n) is 4.29. The van der Waals surface area contributed by atoms with Crippen LogP contribution < -0.4 is 4.72 Å². The molecule has 174 valence electrons. The number of aromatic nitrogens is 2. The van der Waals surface area contributed by atoms with Crippen molar-refractivity contribution in [2.75, 3.05) is 6.61 Å². The number of nitrogens with zero attached hydrogens (tertiary/aromatic N) is 3. The fraction of sp³-hybridized carbons (Fsp3) is 0.158. The zero-order valence-corrected chi connectivity index (χ0v) is 17.6. The van der Waals surface area contributed by atoms with Gasteiger partial charge >= 0.3 is 6.18 Å². The minimum atomic E-state index is -4.70. The first-order valence-corrected chi connectivity index (χ1v) is 10.5. The van der Waals surface area contributed by atoms with E-state index in [4.69, 9.17) is 0 Å². The second-order valence-electron chi connectivity index (χ2n) is 6.71. The third kappa shape index (κ3) is 5.65. The van der Waals surface area contributed by atoms with E-state index in [1.165, 1.54) is 12.1 Å². The van der Waals surface area contributed by atoms with Crippen LogP contribution in [0.3, 0.4) is 0 Å². The van der Waals surface area contributed by atoms with Gasteiger partial charge in [-0.2, -0.15) is 18.3 Å². The van der Waals surface area contributed by atoms with Crippen LogP contribution in [0.1, 0.15) is 11.3 Å². The molecule has 10 nitrogen and oxygen atoms in total. The molecule has 0 unspecified atom stereocenters. The summed E-state index contributed by atoms with van der Waals surface area (Å²) in [7, 11) is -4.40. The number of halogens is 3. The number of carbonyl (C=O) groups is 1. The number of hydrogen-bond acceptors (Lipinski definition) is 7. The van der Waals surface area contributed by atoms with Crippen molar-refractivity contribution in [3.8, 4) is 16.9 Å². The molecule has 33 heavy (non-hydrogen) atoms. The van der Waals surface area contributed by atoms with Crippen LogP contribution in [0.25, 0.3) is 16.9 Å². The maximum atomic E-state index is 13.3. The van der Waals surface area contributed by atoms with Crippen molar-refractivity contribution in [2.45, 2.75) is 18.0 Å². The maximum Gasteiger partial charge on any atom is 0.435 e. The topological polar surface area (TPSA) is 133 Å². The number of benzene rings is 2.